The molecule has 0 spiro atoms. The third-order valence-corrected chi connectivity index (χ3v) is 6.52. The second-order valence-corrected chi connectivity index (χ2v) is 7.86. The molecule has 1 unspecified atom stereocenters. The van der Waals surface area contributed by atoms with Crippen LogP contribution < -0.4 is 0 Å². The van der Waals surface area contributed by atoms with E-state index in [9.17, 15) is 8.42 Å². The van der Waals surface area contributed by atoms with E-state index < -0.39 is 10.0 Å². The number of halogens is 1. The van der Waals surface area contributed by atoms with Gasteiger partial charge in [0.25, 0.3) is 10.0 Å². The molecule has 1 heterocycles. The second kappa shape index (κ2) is 6.18. The number of nitrogens with zero attached hydrogens (tertiary/aromatic N) is 1. The van der Waals surface area contributed by atoms with Crippen LogP contribution in [0.5, 0.6) is 0 Å². The number of rotatable bonds is 6. The van der Waals surface area contributed by atoms with Gasteiger partial charge in [0, 0.05) is 18.5 Å². The van der Waals surface area contributed by atoms with Crippen LogP contribution in [0.2, 0.25) is 0 Å². The van der Waals surface area contributed by atoms with E-state index in [1.807, 2.05) is 6.92 Å². The molecule has 0 radical (unpaired) electrons. The fourth-order valence-electron chi connectivity index (χ4n) is 1.39. The van der Waals surface area contributed by atoms with Gasteiger partial charge in [-0.3, -0.25) is 0 Å². The molecule has 0 saturated carbocycles. The summed E-state index contributed by atoms with van der Waals surface area (Å²) in [5.41, 5.74) is 0. The highest BCUT2D eigenvalue weighted by molar-refractivity contribution is 7.91. The molecular formula is C11H18ClNO2S2. The van der Waals surface area contributed by atoms with Crippen LogP contribution in [-0.4, -0.2) is 26.3 Å². The minimum Gasteiger partial charge on any atom is -0.206 e. The summed E-state index contributed by atoms with van der Waals surface area (Å²) < 4.78 is 26.2. The van der Waals surface area contributed by atoms with Crippen LogP contribution in [0.4, 0.5) is 0 Å². The van der Waals surface area contributed by atoms with E-state index in [0.717, 1.165) is 11.3 Å². The van der Waals surface area contributed by atoms with Crippen LogP contribution in [-0.2, 0) is 15.9 Å². The maximum atomic E-state index is 12.2. The zero-order valence-electron chi connectivity index (χ0n) is 10.3. The first kappa shape index (κ1) is 15.0. The Hall–Kier alpha value is -0.100. The Balaban J connectivity index is 2.87. The first-order valence-electron chi connectivity index (χ1n) is 5.52. The van der Waals surface area contributed by atoms with Crippen LogP contribution >= 0.6 is 22.9 Å². The van der Waals surface area contributed by atoms with Crippen LogP contribution in [0, 0.1) is 5.92 Å². The van der Waals surface area contributed by atoms with Gasteiger partial charge in [0.2, 0.25) is 0 Å². The SMILES string of the molecule is CCC(C)CN(C)S(=O)(=O)c1ccc(CCl)s1. The molecule has 1 aromatic heterocycles. The first-order chi connectivity index (χ1) is 7.91. The van der Waals surface area contributed by atoms with Gasteiger partial charge in [-0.15, -0.1) is 22.9 Å². The van der Waals surface area contributed by atoms with Crippen molar-refractivity contribution in [1.29, 1.82) is 0 Å². The summed E-state index contributed by atoms with van der Waals surface area (Å²) in [7, 11) is -1.71. The van der Waals surface area contributed by atoms with Gasteiger partial charge in [-0.1, -0.05) is 20.3 Å². The lowest BCUT2D eigenvalue weighted by Gasteiger charge is -2.19. The highest BCUT2D eigenvalue weighted by atomic mass is 35.5. The molecule has 0 aliphatic carbocycles. The van der Waals surface area contributed by atoms with Crippen LogP contribution in [0.3, 0.4) is 0 Å². The fraction of sp³-hybridized carbons (Fsp3) is 0.636. The summed E-state index contributed by atoms with van der Waals surface area (Å²) in [6.07, 6.45) is 0.969. The van der Waals surface area contributed by atoms with Gasteiger partial charge < -0.3 is 0 Å². The molecule has 0 N–H and O–H groups in total. The molecule has 0 aliphatic heterocycles. The third kappa shape index (κ3) is 3.68. The predicted molar refractivity (Wildman–Crippen MR) is 73.1 cm³/mol. The quantitative estimate of drug-likeness (QED) is 0.756. The molecule has 1 rings (SSSR count). The lowest BCUT2D eigenvalue weighted by Crippen LogP contribution is -2.30. The summed E-state index contributed by atoms with van der Waals surface area (Å²) in [6, 6.07) is 3.40. The molecule has 0 amide bonds. The molecule has 98 valence electrons. The van der Waals surface area contributed by atoms with Crippen LogP contribution in [0.1, 0.15) is 25.1 Å². The fourth-order valence-corrected chi connectivity index (χ4v) is 4.35. The molecule has 1 aromatic rings. The van der Waals surface area contributed by atoms with Gasteiger partial charge in [0.1, 0.15) is 4.21 Å². The molecule has 6 heteroatoms. The molecule has 0 aliphatic rings. The lowest BCUT2D eigenvalue weighted by atomic mass is 10.1. The largest absolute Gasteiger partial charge is 0.252 e. The van der Waals surface area contributed by atoms with Gasteiger partial charge in [-0.2, -0.15) is 4.31 Å². The summed E-state index contributed by atoms with van der Waals surface area (Å²) in [4.78, 5) is 0.877. The van der Waals surface area contributed by atoms with Crippen molar-refractivity contribution < 1.29 is 8.42 Å². The molecule has 0 fully saturated rings. The Labute approximate surface area is 112 Å². The highest BCUT2D eigenvalue weighted by Crippen LogP contribution is 2.25. The average Bonchev–Trinajstić information content (AvgIpc) is 2.77. The van der Waals surface area contributed by atoms with Gasteiger partial charge >= 0.3 is 0 Å². The van der Waals surface area contributed by atoms with Crippen molar-refractivity contribution in [3.8, 4) is 0 Å². The van der Waals surface area contributed by atoms with Crippen molar-refractivity contribution in [2.24, 2.45) is 5.92 Å². The molecule has 0 aromatic carbocycles. The van der Waals surface area contributed by atoms with Crippen molar-refractivity contribution >= 4 is 33.0 Å². The zero-order chi connectivity index (χ0) is 13.1. The predicted octanol–water partition coefficient (Wildman–Crippen LogP) is 3.15. The summed E-state index contributed by atoms with van der Waals surface area (Å²) in [5, 5.41) is 0. The normalized spacial score (nSPS) is 14.2. The zero-order valence-corrected chi connectivity index (χ0v) is 12.7. The van der Waals surface area contributed by atoms with Crippen LogP contribution in [0.15, 0.2) is 16.3 Å². The van der Waals surface area contributed by atoms with E-state index in [1.165, 1.54) is 15.6 Å². The molecular weight excluding hydrogens is 278 g/mol. The van der Waals surface area contributed by atoms with Gasteiger partial charge in [0.05, 0.1) is 5.88 Å². The molecule has 0 bridgehead atoms. The number of alkyl halides is 1. The van der Waals surface area contributed by atoms with E-state index in [2.05, 4.69) is 6.92 Å². The van der Waals surface area contributed by atoms with Crippen molar-refractivity contribution in [2.75, 3.05) is 13.6 Å². The summed E-state index contributed by atoms with van der Waals surface area (Å²) in [5.74, 6) is 0.720. The van der Waals surface area contributed by atoms with Crippen molar-refractivity contribution in [1.82, 2.24) is 4.31 Å². The van der Waals surface area contributed by atoms with E-state index >= 15 is 0 Å². The van der Waals surface area contributed by atoms with Crippen LogP contribution in [0.25, 0.3) is 0 Å². The Morgan fingerprint density at radius 3 is 2.59 bits per heavy atom. The lowest BCUT2D eigenvalue weighted by molar-refractivity contribution is 0.394. The van der Waals surface area contributed by atoms with E-state index in [1.54, 1.807) is 19.2 Å². The molecule has 0 saturated heterocycles. The van der Waals surface area contributed by atoms with E-state index in [4.69, 9.17) is 11.6 Å². The Morgan fingerprint density at radius 1 is 1.47 bits per heavy atom. The number of sulfonamides is 1. The maximum Gasteiger partial charge on any atom is 0.252 e. The Morgan fingerprint density at radius 2 is 2.12 bits per heavy atom. The van der Waals surface area contributed by atoms with Gasteiger partial charge in [-0.25, -0.2) is 8.42 Å². The summed E-state index contributed by atoms with van der Waals surface area (Å²) in [6.45, 7) is 4.65. The Kier molecular flexibility index (Phi) is 5.44. The van der Waals surface area contributed by atoms with Gasteiger partial charge in [-0.05, 0) is 18.1 Å². The number of thiophene rings is 1. The minimum absolute atomic E-state index is 0.356. The maximum absolute atomic E-state index is 12.2. The molecule has 3 nitrogen and oxygen atoms in total. The van der Waals surface area contributed by atoms with Gasteiger partial charge in [0.15, 0.2) is 0 Å². The molecule has 1 atom stereocenters. The molecule has 17 heavy (non-hydrogen) atoms. The number of hydrogen-bond acceptors (Lipinski definition) is 3. The highest BCUT2D eigenvalue weighted by Gasteiger charge is 2.23. The number of hydrogen-bond donors (Lipinski definition) is 0. The second-order valence-electron chi connectivity index (χ2n) is 4.15. The van der Waals surface area contributed by atoms with E-state index in [-0.39, 0.29) is 0 Å². The topological polar surface area (TPSA) is 37.4 Å². The average molecular weight is 296 g/mol. The van der Waals surface area contributed by atoms with E-state index in [0.29, 0.717) is 22.6 Å². The smallest absolute Gasteiger partial charge is 0.206 e. The van der Waals surface area contributed by atoms with Crippen molar-refractivity contribution in [3.63, 3.8) is 0 Å². The summed E-state index contributed by atoms with van der Waals surface area (Å²) >= 11 is 6.92. The standard InChI is InChI=1S/C11H18ClNO2S2/c1-4-9(2)8-13(3)17(14,15)11-6-5-10(7-12)16-11/h5-6,9H,4,7-8H2,1-3H3. The Bertz CT molecular complexity index is 456. The minimum atomic E-state index is -3.34. The monoisotopic (exact) mass is 295 g/mol. The first-order valence-corrected chi connectivity index (χ1v) is 8.32. The third-order valence-electron chi connectivity index (χ3n) is 2.70. The van der Waals surface area contributed by atoms with Crippen molar-refractivity contribution in [3.05, 3.63) is 17.0 Å². The van der Waals surface area contributed by atoms with Crippen molar-refractivity contribution in [2.45, 2.75) is 30.4 Å².